The number of hydrogen-bond donors (Lipinski definition) is 0. The van der Waals surface area contributed by atoms with Gasteiger partial charge in [0.15, 0.2) is 0 Å². The first-order chi connectivity index (χ1) is 10.8. The summed E-state index contributed by atoms with van der Waals surface area (Å²) in [5.74, 6) is -1.17. The third kappa shape index (κ3) is 3.06. The highest BCUT2D eigenvalue weighted by Crippen LogP contribution is 2.35. The molecule has 2 aromatic rings. The SMILES string of the molecule is CC1CC1N(C)C(=O)c1ccc(-c2noc(C(F)(F)F)n2)cc1. The molecule has 2 atom stereocenters. The van der Waals surface area contributed by atoms with Gasteiger partial charge < -0.3 is 9.42 Å². The standard InChI is InChI=1S/C15H14F3N3O2/c1-8-7-11(8)21(2)13(22)10-5-3-9(4-6-10)12-19-14(23-20-12)15(16,17)18/h3-6,8,11H,7H2,1-2H3. The first-order valence-corrected chi connectivity index (χ1v) is 7.06. The van der Waals surface area contributed by atoms with Gasteiger partial charge in [-0.05, 0) is 24.5 Å². The van der Waals surface area contributed by atoms with Gasteiger partial charge in [-0.2, -0.15) is 18.2 Å². The van der Waals surface area contributed by atoms with E-state index in [9.17, 15) is 18.0 Å². The van der Waals surface area contributed by atoms with E-state index in [1.165, 1.54) is 12.1 Å². The Kier molecular flexibility index (Phi) is 3.62. The molecule has 1 aliphatic rings. The fourth-order valence-electron chi connectivity index (χ4n) is 2.41. The van der Waals surface area contributed by atoms with Crippen molar-refractivity contribution >= 4 is 5.91 Å². The number of halogens is 3. The zero-order chi connectivity index (χ0) is 16.8. The number of rotatable bonds is 3. The summed E-state index contributed by atoms with van der Waals surface area (Å²) in [5, 5.41) is 3.31. The molecule has 0 bridgehead atoms. The quantitative estimate of drug-likeness (QED) is 0.869. The average Bonchev–Trinajstić information content (AvgIpc) is 3.03. The molecule has 23 heavy (non-hydrogen) atoms. The van der Waals surface area contributed by atoms with Crippen LogP contribution in [0.2, 0.25) is 0 Å². The number of carbonyl (C=O) groups is 1. The zero-order valence-electron chi connectivity index (χ0n) is 12.5. The molecule has 0 radical (unpaired) electrons. The number of aromatic nitrogens is 2. The van der Waals surface area contributed by atoms with E-state index in [4.69, 9.17) is 0 Å². The maximum Gasteiger partial charge on any atom is 0.471 e. The first-order valence-electron chi connectivity index (χ1n) is 7.06. The number of hydrogen-bond acceptors (Lipinski definition) is 4. The van der Waals surface area contributed by atoms with Crippen molar-refractivity contribution in [2.24, 2.45) is 5.92 Å². The smallest absolute Gasteiger partial charge is 0.338 e. The minimum absolute atomic E-state index is 0.116. The molecule has 5 nitrogen and oxygen atoms in total. The van der Waals surface area contributed by atoms with Crippen molar-refractivity contribution in [2.75, 3.05) is 7.05 Å². The molecule has 1 aliphatic carbocycles. The van der Waals surface area contributed by atoms with Gasteiger partial charge in [0.05, 0.1) is 0 Å². The fraction of sp³-hybridized carbons (Fsp3) is 0.400. The Labute approximate surface area is 130 Å². The van der Waals surface area contributed by atoms with Crippen LogP contribution in [0.1, 0.15) is 29.6 Å². The van der Waals surface area contributed by atoms with Crippen LogP contribution in [0.25, 0.3) is 11.4 Å². The lowest BCUT2D eigenvalue weighted by Crippen LogP contribution is -2.29. The van der Waals surface area contributed by atoms with E-state index >= 15 is 0 Å². The summed E-state index contributed by atoms with van der Waals surface area (Å²) in [4.78, 5) is 17.3. The molecule has 8 heteroatoms. The van der Waals surface area contributed by atoms with E-state index in [1.54, 1.807) is 24.1 Å². The van der Waals surface area contributed by atoms with E-state index < -0.39 is 12.1 Å². The van der Waals surface area contributed by atoms with Crippen LogP contribution in [0, 0.1) is 5.92 Å². The third-order valence-corrected chi connectivity index (χ3v) is 3.94. The number of nitrogens with zero attached hydrogens (tertiary/aromatic N) is 3. The molecule has 122 valence electrons. The first kappa shape index (κ1) is 15.5. The second-order valence-corrected chi connectivity index (χ2v) is 5.69. The zero-order valence-corrected chi connectivity index (χ0v) is 12.5. The van der Waals surface area contributed by atoms with E-state index in [1.807, 2.05) is 0 Å². The molecular weight excluding hydrogens is 311 g/mol. The van der Waals surface area contributed by atoms with Crippen LogP contribution < -0.4 is 0 Å². The molecule has 2 unspecified atom stereocenters. The summed E-state index contributed by atoms with van der Waals surface area (Å²) >= 11 is 0. The maximum absolute atomic E-state index is 12.4. The topological polar surface area (TPSA) is 59.2 Å². The lowest BCUT2D eigenvalue weighted by Gasteiger charge is -2.17. The van der Waals surface area contributed by atoms with Crippen molar-refractivity contribution in [3.8, 4) is 11.4 Å². The number of carbonyl (C=O) groups excluding carboxylic acids is 1. The third-order valence-electron chi connectivity index (χ3n) is 3.94. The van der Waals surface area contributed by atoms with Crippen molar-refractivity contribution < 1.29 is 22.5 Å². The van der Waals surface area contributed by atoms with Crippen LogP contribution in [0.4, 0.5) is 13.2 Å². The summed E-state index contributed by atoms with van der Waals surface area (Å²) in [7, 11) is 1.75. The predicted octanol–water partition coefficient (Wildman–Crippen LogP) is 3.24. The minimum Gasteiger partial charge on any atom is -0.338 e. The second-order valence-electron chi connectivity index (χ2n) is 5.69. The molecule has 0 saturated heterocycles. The molecular formula is C15H14F3N3O2. The second kappa shape index (κ2) is 5.36. The Hall–Kier alpha value is -2.38. The highest BCUT2D eigenvalue weighted by molar-refractivity contribution is 5.94. The van der Waals surface area contributed by atoms with Crippen molar-refractivity contribution in [1.82, 2.24) is 15.0 Å². The fourth-order valence-corrected chi connectivity index (χ4v) is 2.41. The van der Waals surface area contributed by atoms with Gasteiger partial charge in [-0.1, -0.05) is 24.2 Å². The Bertz CT molecular complexity index is 724. The van der Waals surface area contributed by atoms with Gasteiger partial charge in [-0.15, -0.1) is 0 Å². The summed E-state index contributed by atoms with van der Waals surface area (Å²) in [5.41, 5.74) is 0.818. The summed E-state index contributed by atoms with van der Waals surface area (Å²) in [6, 6.07) is 6.36. The van der Waals surface area contributed by atoms with Gasteiger partial charge in [0.25, 0.3) is 5.91 Å². The lowest BCUT2D eigenvalue weighted by molar-refractivity contribution is -0.159. The van der Waals surface area contributed by atoms with Gasteiger partial charge in [0, 0.05) is 24.2 Å². The Morgan fingerprint density at radius 1 is 1.30 bits per heavy atom. The molecule has 1 amide bonds. The summed E-state index contributed by atoms with van der Waals surface area (Å²) < 4.78 is 41.5. The minimum atomic E-state index is -4.68. The van der Waals surface area contributed by atoms with Crippen LogP contribution in [-0.4, -0.2) is 34.0 Å². The van der Waals surface area contributed by atoms with E-state index in [-0.39, 0.29) is 17.8 Å². The maximum atomic E-state index is 12.4. The molecule has 1 aromatic heterocycles. The largest absolute Gasteiger partial charge is 0.471 e. The van der Waals surface area contributed by atoms with Crippen LogP contribution >= 0.6 is 0 Å². The van der Waals surface area contributed by atoms with Crippen molar-refractivity contribution in [3.05, 3.63) is 35.7 Å². The van der Waals surface area contributed by atoms with E-state index in [0.29, 0.717) is 17.0 Å². The molecule has 0 aliphatic heterocycles. The number of amides is 1. The summed E-state index contributed by atoms with van der Waals surface area (Å²) in [6.45, 7) is 2.08. The molecule has 1 saturated carbocycles. The number of alkyl halides is 3. The van der Waals surface area contributed by atoms with Gasteiger partial charge in [0.1, 0.15) is 0 Å². The highest BCUT2D eigenvalue weighted by atomic mass is 19.4. The van der Waals surface area contributed by atoms with Gasteiger partial charge in [-0.3, -0.25) is 4.79 Å². The Morgan fingerprint density at radius 3 is 2.39 bits per heavy atom. The van der Waals surface area contributed by atoms with Crippen LogP contribution in [-0.2, 0) is 6.18 Å². The molecule has 3 rings (SSSR count). The summed E-state index contributed by atoms with van der Waals surface area (Å²) in [6.07, 6.45) is -3.69. The molecule has 0 N–H and O–H groups in total. The van der Waals surface area contributed by atoms with Crippen LogP contribution in [0.5, 0.6) is 0 Å². The Morgan fingerprint density at radius 2 is 1.91 bits per heavy atom. The lowest BCUT2D eigenvalue weighted by atomic mass is 10.1. The average molecular weight is 325 g/mol. The van der Waals surface area contributed by atoms with Gasteiger partial charge >= 0.3 is 12.1 Å². The number of benzene rings is 1. The van der Waals surface area contributed by atoms with Crippen molar-refractivity contribution in [2.45, 2.75) is 25.6 Å². The molecule has 0 spiro atoms. The van der Waals surface area contributed by atoms with Gasteiger partial charge in [0.2, 0.25) is 5.82 Å². The van der Waals surface area contributed by atoms with Crippen LogP contribution in [0.3, 0.4) is 0 Å². The normalized spacial score (nSPS) is 20.4. The van der Waals surface area contributed by atoms with Gasteiger partial charge in [-0.25, -0.2) is 0 Å². The van der Waals surface area contributed by atoms with E-state index in [0.717, 1.165) is 6.42 Å². The Balaban J connectivity index is 1.77. The highest BCUT2D eigenvalue weighted by Gasteiger charge is 2.39. The monoisotopic (exact) mass is 325 g/mol. The molecule has 1 heterocycles. The van der Waals surface area contributed by atoms with E-state index in [2.05, 4.69) is 21.6 Å². The molecule has 1 fully saturated rings. The predicted molar refractivity (Wildman–Crippen MR) is 74.4 cm³/mol. The van der Waals surface area contributed by atoms with Crippen molar-refractivity contribution in [3.63, 3.8) is 0 Å². The van der Waals surface area contributed by atoms with Crippen molar-refractivity contribution in [1.29, 1.82) is 0 Å². The molecule has 1 aromatic carbocycles. The van der Waals surface area contributed by atoms with Crippen LogP contribution in [0.15, 0.2) is 28.8 Å².